The fraction of sp³-hybridized carbons (Fsp3) is 0.0667. The van der Waals surface area contributed by atoms with Gasteiger partial charge in [0.15, 0.2) is 0 Å². The van der Waals surface area contributed by atoms with Crippen molar-refractivity contribution >= 4 is 17.3 Å². The molecule has 0 amide bonds. The fourth-order valence-corrected chi connectivity index (χ4v) is 2.23. The molecule has 0 fully saturated rings. The number of nitro benzene ring substituents is 1. The van der Waals surface area contributed by atoms with Crippen molar-refractivity contribution < 1.29 is 9.45 Å². The molecule has 0 saturated heterocycles. The molecule has 2 aromatic carbocycles. The van der Waals surface area contributed by atoms with Crippen molar-refractivity contribution in [3.8, 4) is 22.8 Å². The second-order valence-electron chi connectivity index (χ2n) is 4.64. The highest BCUT2D eigenvalue weighted by Crippen LogP contribution is 2.30. The number of aromatic nitrogens is 2. The Morgan fingerprint density at radius 1 is 1.18 bits per heavy atom. The maximum absolute atomic E-state index is 11.0. The van der Waals surface area contributed by atoms with E-state index < -0.39 is 4.92 Å². The van der Waals surface area contributed by atoms with Crippen LogP contribution < -0.4 is 0 Å². The van der Waals surface area contributed by atoms with E-state index in [1.807, 2.05) is 0 Å². The van der Waals surface area contributed by atoms with E-state index in [1.165, 1.54) is 6.07 Å². The van der Waals surface area contributed by atoms with Crippen molar-refractivity contribution in [2.24, 2.45) is 0 Å². The Balaban J connectivity index is 2.03. The molecule has 110 valence electrons. The van der Waals surface area contributed by atoms with Crippen molar-refractivity contribution in [2.45, 2.75) is 6.92 Å². The van der Waals surface area contributed by atoms with Gasteiger partial charge in [-0.15, -0.1) is 0 Å². The molecule has 0 bridgehead atoms. The summed E-state index contributed by atoms with van der Waals surface area (Å²) >= 11 is 5.84. The molecule has 6 nitrogen and oxygen atoms in total. The Morgan fingerprint density at radius 3 is 2.59 bits per heavy atom. The van der Waals surface area contributed by atoms with E-state index in [9.17, 15) is 10.1 Å². The zero-order valence-electron chi connectivity index (χ0n) is 11.5. The van der Waals surface area contributed by atoms with Crippen LogP contribution in [0.15, 0.2) is 47.0 Å². The first-order valence-electron chi connectivity index (χ1n) is 6.40. The van der Waals surface area contributed by atoms with Crippen LogP contribution in [0.4, 0.5) is 5.69 Å². The normalized spacial score (nSPS) is 10.6. The van der Waals surface area contributed by atoms with E-state index in [0.29, 0.717) is 22.0 Å². The summed E-state index contributed by atoms with van der Waals surface area (Å²) in [6, 6.07) is 11.7. The molecule has 3 aromatic rings. The van der Waals surface area contributed by atoms with E-state index >= 15 is 0 Å². The first-order valence-corrected chi connectivity index (χ1v) is 6.78. The number of benzene rings is 2. The molecule has 0 aliphatic rings. The summed E-state index contributed by atoms with van der Waals surface area (Å²) in [5.74, 6) is 0.642. The molecule has 22 heavy (non-hydrogen) atoms. The highest BCUT2D eigenvalue weighted by atomic mass is 35.5. The van der Waals surface area contributed by atoms with Crippen LogP contribution in [0, 0.1) is 17.0 Å². The Bertz CT molecular complexity index is 843. The molecule has 0 aliphatic carbocycles. The first-order chi connectivity index (χ1) is 10.6. The summed E-state index contributed by atoms with van der Waals surface area (Å²) in [4.78, 5) is 14.9. The van der Waals surface area contributed by atoms with Gasteiger partial charge in [0.1, 0.15) is 0 Å². The molecule has 0 N–H and O–H groups in total. The third-order valence-corrected chi connectivity index (χ3v) is 3.51. The predicted octanol–water partition coefficient (Wildman–Crippen LogP) is 4.27. The Morgan fingerprint density at radius 2 is 1.91 bits per heavy atom. The molecule has 1 aromatic heterocycles. The van der Waals surface area contributed by atoms with Gasteiger partial charge in [0.25, 0.3) is 11.6 Å². The summed E-state index contributed by atoms with van der Waals surface area (Å²) in [6.07, 6.45) is 0. The summed E-state index contributed by atoms with van der Waals surface area (Å²) in [5, 5.41) is 15.5. The number of hydrogen-bond acceptors (Lipinski definition) is 5. The van der Waals surface area contributed by atoms with E-state index in [4.69, 9.17) is 16.1 Å². The Kier molecular flexibility index (Phi) is 3.60. The maximum atomic E-state index is 11.0. The average molecular weight is 316 g/mol. The van der Waals surface area contributed by atoms with Gasteiger partial charge in [-0.3, -0.25) is 10.1 Å². The van der Waals surface area contributed by atoms with Crippen LogP contribution in [0.5, 0.6) is 0 Å². The van der Waals surface area contributed by atoms with Gasteiger partial charge in [0, 0.05) is 27.8 Å². The van der Waals surface area contributed by atoms with Gasteiger partial charge in [-0.05, 0) is 37.3 Å². The summed E-state index contributed by atoms with van der Waals surface area (Å²) in [5.41, 5.74) is 1.80. The lowest BCUT2D eigenvalue weighted by molar-refractivity contribution is -0.385. The van der Waals surface area contributed by atoms with Gasteiger partial charge in [-0.1, -0.05) is 22.8 Å². The first kappa shape index (κ1) is 14.2. The minimum Gasteiger partial charge on any atom is -0.334 e. The van der Waals surface area contributed by atoms with Crippen LogP contribution in [0.3, 0.4) is 0 Å². The molecular formula is C15H10ClN3O3. The minimum absolute atomic E-state index is 0.0174. The summed E-state index contributed by atoms with van der Waals surface area (Å²) in [7, 11) is 0. The number of nitro groups is 1. The zero-order chi connectivity index (χ0) is 15.7. The smallest absolute Gasteiger partial charge is 0.273 e. The molecule has 0 aliphatic heterocycles. The van der Waals surface area contributed by atoms with Gasteiger partial charge < -0.3 is 4.52 Å². The highest BCUT2D eigenvalue weighted by molar-refractivity contribution is 6.30. The van der Waals surface area contributed by atoms with Gasteiger partial charge in [-0.2, -0.15) is 4.98 Å². The van der Waals surface area contributed by atoms with Crippen LogP contribution in [0.1, 0.15) is 5.56 Å². The van der Waals surface area contributed by atoms with Gasteiger partial charge in [0.2, 0.25) is 5.82 Å². The van der Waals surface area contributed by atoms with Gasteiger partial charge in [-0.25, -0.2) is 0 Å². The third kappa shape index (κ3) is 2.56. The lowest BCUT2D eigenvalue weighted by Crippen LogP contribution is -1.93. The van der Waals surface area contributed by atoms with E-state index in [1.54, 1.807) is 43.3 Å². The van der Waals surface area contributed by atoms with Crippen molar-refractivity contribution in [3.05, 3.63) is 63.2 Å². The maximum Gasteiger partial charge on any atom is 0.273 e. The molecule has 1 heterocycles. The van der Waals surface area contributed by atoms with E-state index in [0.717, 1.165) is 5.56 Å². The second-order valence-corrected chi connectivity index (χ2v) is 5.07. The molecule has 7 heteroatoms. The second kappa shape index (κ2) is 5.57. The summed E-state index contributed by atoms with van der Waals surface area (Å²) < 4.78 is 5.23. The van der Waals surface area contributed by atoms with Crippen LogP contribution in [0.2, 0.25) is 5.02 Å². The van der Waals surface area contributed by atoms with Crippen molar-refractivity contribution in [1.82, 2.24) is 10.1 Å². The lowest BCUT2D eigenvalue weighted by atomic mass is 10.1. The molecule has 0 unspecified atom stereocenters. The molecule has 0 spiro atoms. The minimum atomic E-state index is -0.435. The highest BCUT2D eigenvalue weighted by Gasteiger charge is 2.18. The molecule has 0 radical (unpaired) electrons. The molecular weight excluding hydrogens is 306 g/mol. The standard InChI is InChI=1S/C15H10ClN3O3/c1-9-12(3-2-4-13(9)19(20)21)15-17-14(18-22-15)10-5-7-11(16)8-6-10/h2-8H,1H3. The lowest BCUT2D eigenvalue weighted by Gasteiger charge is -2.01. The van der Waals surface area contributed by atoms with Crippen molar-refractivity contribution in [1.29, 1.82) is 0 Å². The Labute approximate surface area is 130 Å². The predicted molar refractivity (Wildman–Crippen MR) is 81.6 cm³/mol. The van der Waals surface area contributed by atoms with Crippen LogP contribution >= 0.6 is 11.6 Å². The SMILES string of the molecule is Cc1c(-c2nc(-c3ccc(Cl)cc3)no2)cccc1[N+](=O)[O-]. The average Bonchev–Trinajstić information content (AvgIpc) is 2.97. The molecule has 0 atom stereocenters. The quantitative estimate of drug-likeness (QED) is 0.532. The van der Waals surface area contributed by atoms with Crippen molar-refractivity contribution in [2.75, 3.05) is 0 Å². The van der Waals surface area contributed by atoms with Gasteiger partial charge >= 0.3 is 0 Å². The van der Waals surface area contributed by atoms with Crippen molar-refractivity contribution in [3.63, 3.8) is 0 Å². The number of halogens is 1. The number of nitrogens with zero attached hydrogens (tertiary/aromatic N) is 3. The topological polar surface area (TPSA) is 82.1 Å². The molecule has 0 saturated carbocycles. The Hall–Kier alpha value is -2.73. The zero-order valence-corrected chi connectivity index (χ0v) is 12.2. The van der Waals surface area contributed by atoms with Crippen LogP contribution in [-0.4, -0.2) is 15.1 Å². The number of hydrogen-bond donors (Lipinski definition) is 0. The van der Waals surface area contributed by atoms with Crippen LogP contribution in [-0.2, 0) is 0 Å². The number of rotatable bonds is 3. The monoisotopic (exact) mass is 315 g/mol. The third-order valence-electron chi connectivity index (χ3n) is 3.26. The van der Waals surface area contributed by atoms with Gasteiger partial charge in [0.05, 0.1) is 4.92 Å². The van der Waals surface area contributed by atoms with E-state index in [2.05, 4.69) is 10.1 Å². The molecule has 3 rings (SSSR count). The van der Waals surface area contributed by atoms with Crippen LogP contribution in [0.25, 0.3) is 22.8 Å². The fourth-order valence-electron chi connectivity index (χ4n) is 2.10. The largest absolute Gasteiger partial charge is 0.334 e. The van der Waals surface area contributed by atoms with E-state index in [-0.39, 0.29) is 11.6 Å². The summed E-state index contributed by atoms with van der Waals surface area (Å²) in [6.45, 7) is 1.65.